The van der Waals surface area contributed by atoms with E-state index in [2.05, 4.69) is 26.8 Å². The van der Waals surface area contributed by atoms with E-state index in [1.54, 1.807) is 14.1 Å². The standard InChI is InChI=1S/C12H16BO/c1-8(2)11-6-5-10(7-9(11)3)12(14)13-4/h5-8H,1-4H3. The van der Waals surface area contributed by atoms with Crippen LogP contribution in [0.2, 0.25) is 6.82 Å². The molecule has 0 saturated carbocycles. The Bertz CT molecular complexity index is 342. The summed E-state index contributed by atoms with van der Waals surface area (Å²) in [6.45, 7) is 8.15. The molecule has 0 aliphatic carbocycles. The first kappa shape index (κ1) is 11.0. The Balaban J connectivity index is 3.06. The van der Waals surface area contributed by atoms with Gasteiger partial charge in [-0.2, -0.15) is 0 Å². The van der Waals surface area contributed by atoms with Crippen molar-refractivity contribution in [2.75, 3.05) is 0 Å². The van der Waals surface area contributed by atoms with E-state index < -0.39 is 0 Å². The third-order valence-electron chi connectivity index (χ3n) is 2.44. The molecular weight excluding hydrogens is 171 g/mol. The molecule has 0 N–H and O–H groups in total. The zero-order chi connectivity index (χ0) is 10.7. The lowest BCUT2D eigenvalue weighted by Gasteiger charge is -2.10. The normalized spacial score (nSPS) is 10.4. The Morgan fingerprint density at radius 2 is 2.00 bits per heavy atom. The molecule has 0 aromatic heterocycles. The van der Waals surface area contributed by atoms with Gasteiger partial charge < -0.3 is 4.79 Å². The molecule has 1 aromatic rings. The molecule has 14 heavy (non-hydrogen) atoms. The van der Waals surface area contributed by atoms with Gasteiger partial charge in [0.1, 0.15) is 5.68 Å². The monoisotopic (exact) mass is 187 g/mol. The predicted octanol–water partition coefficient (Wildman–Crippen LogP) is 3.01. The smallest absolute Gasteiger partial charge is 0.205 e. The van der Waals surface area contributed by atoms with Crippen molar-refractivity contribution in [2.24, 2.45) is 0 Å². The van der Waals surface area contributed by atoms with Gasteiger partial charge in [-0.3, -0.25) is 0 Å². The summed E-state index contributed by atoms with van der Waals surface area (Å²) in [6, 6.07) is 5.93. The lowest BCUT2D eigenvalue weighted by atomic mass is 9.73. The average Bonchev–Trinajstić information content (AvgIpc) is 2.15. The Hall–Kier alpha value is -1.05. The Kier molecular flexibility index (Phi) is 3.51. The first-order chi connectivity index (χ1) is 6.56. The number of rotatable bonds is 3. The lowest BCUT2D eigenvalue weighted by Crippen LogP contribution is -2.06. The summed E-state index contributed by atoms with van der Waals surface area (Å²) in [5, 5.41) is 0. The largest absolute Gasteiger partial charge is 0.307 e. The van der Waals surface area contributed by atoms with Crippen molar-refractivity contribution in [3.63, 3.8) is 0 Å². The molecule has 1 aromatic carbocycles. The quantitative estimate of drug-likeness (QED) is 0.664. The van der Waals surface area contributed by atoms with Crippen molar-refractivity contribution < 1.29 is 4.79 Å². The molecule has 0 fully saturated rings. The molecule has 0 bridgehead atoms. The molecule has 0 unspecified atom stereocenters. The van der Waals surface area contributed by atoms with Crippen LogP contribution in [0.25, 0.3) is 0 Å². The highest BCUT2D eigenvalue weighted by Crippen LogP contribution is 2.19. The number of carbonyl (C=O) groups excluding carboxylic acids is 1. The molecule has 1 radical (unpaired) electrons. The van der Waals surface area contributed by atoms with Gasteiger partial charge in [0.2, 0.25) is 7.28 Å². The molecule has 2 heteroatoms. The zero-order valence-electron chi connectivity index (χ0n) is 9.29. The first-order valence-electron chi connectivity index (χ1n) is 5.00. The van der Waals surface area contributed by atoms with E-state index in [0.717, 1.165) is 5.56 Å². The van der Waals surface area contributed by atoms with E-state index in [0.29, 0.717) is 5.92 Å². The molecule has 0 spiro atoms. The van der Waals surface area contributed by atoms with E-state index in [9.17, 15) is 4.79 Å². The molecular formula is C12H16BO. The van der Waals surface area contributed by atoms with Crippen molar-refractivity contribution in [2.45, 2.75) is 33.5 Å². The molecule has 0 aliphatic heterocycles. The molecule has 0 saturated heterocycles. The van der Waals surface area contributed by atoms with Gasteiger partial charge in [0.05, 0.1) is 0 Å². The van der Waals surface area contributed by atoms with E-state index in [1.165, 1.54) is 11.1 Å². The van der Waals surface area contributed by atoms with Crippen molar-refractivity contribution >= 4 is 13.0 Å². The van der Waals surface area contributed by atoms with E-state index >= 15 is 0 Å². The minimum absolute atomic E-state index is 0.100. The fourth-order valence-corrected chi connectivity index (χ4v) is 1.64. The van der Waals surface area contributed by atoms with Crippen molar-refractivity contribution in [3.05, 3.63) is 34.9 Å². The zero-order valence-corrected chi connectivity index (χ0v) is 9.29. The van der Waals surface area contributed by atoms with Crippen molar-refractivity contribution in [1.29, 1.82) is 0 Å². The summed E-state index contributed by atoms with van der Waals surface area (Å²) in [5.74, 6) is 0.518. The first-order valence-corrected chi connectivity index (χ1v) is 5.00. The minimum atomic E-state index is 0.100. The number of aryl methyl sites for hydroxylation is 1. The van der Waals surface area contributed by atoms with E-state index in [1.807, 2.05) is 12.1 Å². The number of carbonyl (C=O) groups is 1. The fourth-order valence-electron chi connectivity index (χ4n) is 1.64. The van der Waals surface area contributed by atoms with E-state index in [-0.39, 0.29) is 5.68 Å². The van der Waals surface area contributed by atoms with Gasteiger partial charge in [0, 0.05) is 5.56 Å². The Morgan fingerprint density at radius 3 is 2.43 bits per heavy atom. The van der Waals surface area contributed by atoms with Crippen molar-refractivity contribution in [3.8, 4) is 0 Å². The second-order valence-electron chi connectivity index (χ2n) is 3.88. The SMILES string of the molecule is C[B]C(=O)c1ccc(C(C)C)c(C)c1. The van der Waals surface area contributed by atoms with Gasteiger partial charge >= 0.3 is 0 Å². The van der Waals surface area contributed by atoms with Crippen LogP contribution < -0.4 is 0 Å². The summed E-state index contributed by atoms with van der Waals surface area (Å²) >= 11 is 0. The summed E-state index contributed by atoms with van der Waals surface area (Å²) in [6.07, 6.45) is 0. The molecule has 1 rings (SSSR count). The maximum atomic E-state index is 11.4. The van der Waals surface area contributed by atoms with Crippen LogP contribution in [0, 0.1) is 6.92 Å². The summed E-state index contributed by atoms with van der Waals surface area (Å²) in [7, 11) is 1.60. The minimum Gasteiger partial charge on any atom is -0.307 e. The maximum Gasteiger partial charge on any atom is 0.205 e. The van der Waals surface area contributed by atoms with Gasteiger partial charge in [0.15, 0.2) is 0 Å². The van der Waals surface area contributed by atoms with Crippen LogP contribution in [0.3, 0.4) is 0 Å². The third kappa shape index (κ3) is 2.25. The fraction of sp³-hybridized carbons (Fsp3) is 0.417. The Morgan fingerprint density at radius 1 is 1.36 bits per heavy atom. The predicted molar refractivity (Wildman–Crippen MR) is 61.2 cm³/mol. The number of benzene rings is 1. The van der Waals surface area contributed by atoms with E-state index in [4.69, 9.17) is 0 Å². The number of hydrogen-bond acceptors (Lipinski definition) is 1. The highest BCUT2D eigenvalue weighted by molar-refractivity contribution is 6.76. The maximum absolute atomic E-state index is 11.4. The topological polar surface area (TPSA) is 17.1 Å². The highest BCUT2D eigenvalue weighted by Gasteiger charge is 2.07. The molecule has 0 amide bonds. The van der Waals surface area contributed by atoms with Crippen LogP contribution in [-0.2, 0) is 0 Å². The van der Waals surface area contributed by atoms with Crippen molar-refractivity contribution in [1.82, 2.24) is 0 Å². The number of hydrogen-bond donors (Lipinski definition) is 0. The van der Waals surface area contributed by atoms with Crippen LogP contribution in [0.5, 0.6) is 0 Å². The second-order valence-corrected chi connectivity index (χ2v) is 3.88. The van der Waals surface area contributed by atoms with Crippen LogP contribution >= 0.6 is 0 Å². The van der Waals surface area contributed by atoms with Gasteiger partial charge in [-0.15, -0.1) is 0 Å². The summed E-state index contributed by atoms with van der Waals surface area (Å²) in [4.78, 5) is 11.4. The third-order valence-corrected chi connectivity index (χ3v) is 2.44. The van der Waals surface area contributed by atoms with Crippen LogP contribution in [-0.4, -0.2) is 13.0 Å². The molecule has 0 aliphatic rings. The molecule has 1 nitrogen and oxygen atoms in total. The van der Waals surface area contributed by atoms with Crippen LogP contribution in [0.15, 0.2) is 18.2 Å². The van der Waals surface area contributed by atoms with Crippen LogP contribution in [0.4, 0.5) is 0 Å². The highest BCUT2D eigenvalue weighted by atomic mass is 16.1. The summed E-state index contributed by atoms with van der Waals surface area (Å²) < 4.78 is 0. The van der Waals surface area contributed by atoms with Gasteiger partial charge in [-0.1, -0.05) is 32.8 Å². The lowest BCUT2D eigenvalue weighted by molar-refractivity contribution is 0.107. The Labute approximate surface area is 86.8 Å². The van der Waals surface area contributed by atoms with Gasteiger partial charge in [-0.25, -0.2) is 0 Å². The molecule has 73 valence electrons. The average molecular weight is 187 g/mol. The summed E-state index contributed by atoms with van der Waals surface area (Å²) in [5.41, 5.74) is 3.41. The van der Waals surface area contributed by atoms with Gasteiger partial charge in [-0.05, 0) is 30.0 Å². The van der Waals surface area contributed by atoms with Crippen LogP contribution in [0.1, 0.15) is 41.3 Å². The molecule has 0 atom stereocenters. The molecule has 0 heterocycles. The second kappa shape index (κ2) is 4.45. The van der Waals surface area contributed by atoms with Gasteiger partial charge in [0.25, 0.3) is 0 Å².